The Kier molecular flexibility index (Phi) is 4.10. The molecule has 7 nitrogen and oxygen atoms in total. The van der Waals surface area contributed by atoms with Crippen LogP contribution in [0.25, 0.3) is 0 Å². The van der Waals surface area contributed by atoms with Crippen LogP contribution in [-0.4, -0.2) is 18.6 Å². The molecule has 1 aromatic heterocycles. The van der Waals surface area contributed by atoms with Gasteiger partial charge in [0.15, 0.2) is 5.82 Å². The molecule has 0 spiro atoms. The molecular weight excluding hydrogens is 194 g/mol. The van der Waals surface area contributed by atoms with Gasteiger partial charge in [0.2, 0.25) is 0 Å². The van der Waals surface area contributed by atoms with E-state index in [0.717, 1.165) is 6.54 Å². The quantitative estimate of drug-likeness (QED) is 0.407. The highest BCUT2D eigenvalue weighted by atomic mass is 15.8. The number of hydrogen-bond acceptors (Lipinski definition) is 7. The summed E-state index contributed by atoms with van der Waals surface area (Å²) >= 11 is 0. The monoisotopic (exact) mass is 211 g/mol. The lowest BCUT2D eigenvalue weighted by Gasteiger charge is -2.24. The van der Waals surface area contributed by atoms with E-state index in [1.807, 2.05) is 6.92 Å². The van der Waals surface area contributed by atoms with Gasteiger partial charge >= 0.3 is 0 Å². The number of anilines is 3. The number of nitrogen functional groups attached to an aromatic ring is 2. The van der Waals surface area contributed by atoms with Crippen molar-refractivity contribution in [3.05, 3.63) is 12.3 Å². The first-order chi connectivity index (χ1) is 7.20. The topological polar surface area (TPSA) is 104 Å². The summed E-state index contributed by atoms with van der Waals surface area (Å²) in [5, 5.41) is 1.58. The Bertz CT molecular complexity index is 308. The van der Waals surface area contributed by atoms with Gasteiger partial charge in [-0.2, -0.15) is 5.53 Å². The lowest BCUT2D eigenvalue weighted by Crippen LogP contribution is -2.54. The van der Waals surface area contributed by atoms with Crippen LogP contribution in [0.1, 0.15) is 6.92 Å². The Morgan fingerprint density at radius 1 is 1.47 bits per heavy atom. The zero-order valence-electron chi connectivity index (χ0n) is 8.91. The highest BCUT2D eigenvalue weighted by Crippen LogP contribution is 2.23. The number of hydrazine groups is 3. The van der Waals surface area contributed by atoms with Gasteiger partial charge in [0.1, 0.15) is 5.69 Å². The van der Waals surface area contributed by atoms with Gasteiger partial charge in [-0.05, 0) is 6.07 Å². The Balaban J connectivity index is 2.94. The fourth-order valence-corrected chi connectivity index (χ4v) is 1.09. The Morgan fingerprint density at radius 3 is 2.80 bits per heavy atom. The zero-order chi connectivity index (χ0) is 11.3. The van der Waals surface area contributed by atoms with Gasteiger partial charge in [-0.25, -0.2) is 21.0 Å². The second-order valence-electron chi connectivity index (χ2n) is 2.85. The van der Waals surface area contributed by atoms with E-state index in [1.54, 1.807) is 24.4 Å². The number of nitrogens with zero attached hydrogens (tertiary/aromatic N) is 2. The van der Waals surface area contributed by atoms with Crippen molar-refractivity contribution in [1.82, 2.24) is 21.4 Å². The third-order valence-corrected chi connectivity index (χ3v) is 1.75. The second kappa shape index (κ2) is 5.35. The van der Waals surface area contributed by atoms with Crippen LogP contribution >= 0.6 is 0 Å². The number of nitrogens with two attached hydrogens (primary N) is 2. The van der Waals surface area contributed by atoms with E-state index >= 15 is 0 Å². The Labute approximate surface area is 88.7 Å². The van der Waals surface area contributed by atoms with Crippen LogP contribution in [-0.2, 0) is 0 Å². The minimum atomic E-state index is 0.432. The van der Waals surface area contributed by atoms with Gasteiger partial charge in [0.25, 0.3) is 0 Å². The summed E-state index contributed by atoms with van der Waals surface area (Å²) in [5.41, 5.74) is 21.1. The lowest BCUT2D eigenvalue weighted by molar-refractivity contribution is 0.479. The molecule has 0 aliphatic rings. The molecule has 0 amide bonds. The molecule has 0 unspecified atom stereocenters. The standard InChI is InChI=1S/C8H17N7/c1-3-13-15(14-11-2)8-7(10)6(9)4-5-12-8/h4-5,11,13-14H,3,10H2,1-2H3,(H2,9,12). The van der Waals surface area contributed by atoms with Gasteiger partial charge in [-0.3, -0.25) is 0 Å². The SMILES string of the molecule is CCNN(NNC)c1nccc(N)c1N. The third kappa shape index (κ3) is 2.69. The van der Waals surface area contributed by atoms with Gasteiger partial charge in [-0.15, -0.1) is 0 Å². The van der Waals surface area contributed by atoms with Crippen molar-refractivity contribution in [2.24, 2.45) is 0 Å². The molecule has 0 saturated heterocycles. The van der Waals surface area contributed by atoms with Gasteiger partial charge in [-0.1, -0.05) is 6.92 Å². The van der Waals surface area contributed by atoms with Crippen molar-refractivity contribution in [2.75, 3.05) is 30.2 Å². The van der Waals surface area contributed by atoms with Crippen LogP contribution in [0.15, 0.2) is 12.3 Å². The molecule has 0 saturated carbocycles. The van der Waals surface area contributed by atoms with E-state index < -0.39 is 0 Å². The maximum Gasteiger partial charge on any atom is 0.185 e. The molecule has 7 heteroatoms. The van der Waals surface area contributed by atoms with Gasteiger partial charge in [0, 0.05) is 19.8 Å². The maximum atomic E-state index is 5.81. The van der Waals surface area contributed by atoms with Crippen molar-refractivity contribution in [1.29, 1.82) is 0 Å². The number of pyridine rings is 1. The van der Waals surface area contributed by atoms with Crippen molar-refractivity contribution in [2.45, 2.75) is 6.92 Å². The van der Waals surface area contributed by atoms with Crippen molar-refractivity contribution >= 4 is 17.2 Å². The predicted molar refractivity (Wildman–Crippen MR) is 61.4 cm³/mol. The van der Waals surface area contributed by atoms with E-state index in [9.17, 15) is 0 Å². The molecule has 0 aliphatic heterocycles. The molecule has 84 valence electrons. The third-order valence-electron chi connectivity index (χ3n) is 1.75. The fourth-order valence-electron chi connectivity index (χ4n) is 1.09. The Morgan fingerprint density at radius 2 is 2.20 bits per heavy atom. The largest absolute Gasteiger partial charge is 0.397 e. The first kappa shape index (κ1) is 11.5. The minimum Gasteiger partial charge on any atom is -0.397 e. The first-order valence-electron chi connectivity index (χ1n) is 4.66. The minimum absolute atomic E-state index is 0.432. The van der Waals surface area contributed by atoms with Crippen LogP contribution in [0, 0.1) is 0 Å². The average molecular weight is 211 g/mol. The summed E-state index contributed by atoms with van der Waals surface area (Å²) in [7, 11) is 1.74. The van der Waals surface area contributed by atoms with Crippen molar-refractivity contribution < 1.29 is 0 Å². The smallest absolute Gasteiger partial charge is 0.185 e. The normalized spacial score (nSPS) is 10.3. The zero-order valence-corrected chi connectivity index (χ0v) is 8.91. The molecule has 0 radical (unpaired) electrons. The molecule has 1 heterocycles. The maximum absolute atomic E-state index is 5.81. The van der Waals surface area contributed by atoms with Crippen LogP contribution in [0.5, 0.6) is 0 Å². The number of rotatable bonds is 5. The molecule has 1 rings (SSSR count). The summed E-state index contributed by atoms with van der Waals surface area (Å²) in [4.78, 5) is 4.13. The molecule has 1 aromatic rings. The van der Waals surface area contributed by atoms with Crippen LogP contribution in [0.2, 0.25) is 0 Å². The van der Waals surface area contributed by atoms with Crippen LogP contribution < -0.4 is 33.0 Å². The van der Waals surface area contributed by atoms with Gasteiger partial charge < -0.3 is 11.5 Å². The average Bonchev–Trinajstić information content (AvgIpc) is 2.22. The molecule has 7 N–H and O–H groups in total. The highest BCUT2D eigenvalue weighted by Gasteiger charge is 2.11. The molecule has 0 aromatic carbocycles. The highest BCUT2D eigenvalue weighted by molar-refractivity contribution is 5.75. The van der Waals surface area contributed by atoms with E-state index in [1.165, 1.54) is 0 Å². The van der Waals surface area contributed by atoms with Gasteiger partial charge in [0.05, 0.1) is 5.69 Å². The molecule has 0 aliphatic carbocycles. The van der Waals surface area contributed by atoms with E-state index in [-0.39, 0.29) is 0 Å². The van der Waals surface area contributed by atoms with E-state index in [0.29, 0.717) is 17.2 Å². The summed E-state index contributed by atoms with van der Waals surface area (Å²) in [6.45, 7) is 2.69. The second-order valence-corrected chi connectivity index (χ2v) is 2.85. The van der Waals surface area contributed by atoms with E-state index in [2.05, 4.69) is 21.4 Å². The first-order valence-corrected chi connectivity index (χ1v) is 4.66. The summed E-state index contributed by atoms with van der Waals surface area (Å²) in [6, 6.07) is 1.66. The molecule has 0 bridgehead atoms. The predicted octanol–water partition coefficient (Wildman–Crippen LogP) is -0.784. The fraction of sp³-hybridized carbons (Fsp3) is 0.375. The number of aromatic nitrogens is 1. The van der Waals surface area contributed by atoms with Crippen molar-refractivity contribution in [3.8, 4) is 0 Å². The molecule has 0 atom stereocenters. The number of nitrogens with one attached hydrogen (secondary N) is 3. The van der Waals surface area contributed by atoms with Crippen LogP contribution in [0.4, 0.5) is 17.2 Å². The number of hydrogen-bond donors (Lipinski definition) is 5. The Hall–Kier alpha value is -1.57. The molecule has 0 fully saturated rings. The van der Waals surface area contributed by atoms with Crippen LogP contribution in [0.3, 0.4) is 0 Å². The summed E-state index contributed by atoms with van der Waals surface area (Å²) < 4.78 is 0. The van der Waals surface area contributed by atoms with E-state index in [4.69, 9.17) is 11.5 Å². The molecular formula is C8H17N7. The summed E-state index contributed by atoms with van der Waals surface area (Å²) in [6.07, 6.45) is 1.60. The summed E-state index contributed by atoms with van der Waals surface area (Å²) in [5.74, 6) is 0.534. The van der Waals surface area contributed by atoms with Crippen molar-refractivity contribution in [3.63, 3.8) is 0 Å². The molecule has 15 heavy (non-hydrogen) atoms. The lowest BCUT2D eigenvalue weighted by atomic mass is 10.3.